The van der Waals surface area contributed by atoms with Crippen molar-refractivity contribution < 1.29 is 14.3 Å². The maximum Gasteiger partial charge on any atom is 0.220 e. The topological polar surface area (TPSA) is 73.6 Å². The molecule has 0 aromatic carbocycles. The van der Waals surface area contributed by atoms with Crippen molar-refractivity contribution in [3.63, 3.8) is 0 Å². The summed E-state index contributed by atoms with van der Waals surface area (Å²) in [6.45, 7) is 3.14. The molecule has 0 aromatic heterocycles. The molecular formula is C14H28N2O3. The molecule has 0 saturated heterocycles. The number of ether oxygens (including phenoxy) is 2. The van der Waals surface area contributed by atoms with Crippen LogP contribution in [-0.4, -0.2) is 44.4 Å². The van der Waals surface area contributed by atoms with Crippen molar-refractivity contribution in [3.8, 4) is 0 Å². The Morgan fingerprint density at radius 3 is 2.68 bits per heavy atom. The Kier molecular flexibility index (Phi) is 8.02. The summed E-state index contributed by atoms with van der Waals surface area (Å²) in [7, 11) is 1.66. The van der Waals surface area contributed by atoms with E-state index in [9.17, 15) is 4.79 Å². The van der Waals surface area contributed by atoms with Crippen LogP contribution >= 0.6 is 0 Å². The van der Waals surface area contributed by atoms with Crippen molar-refractivity contribution in [1.29, 1.82) is 0 Å². The van der Waals surface area contributed by atoms with Gasteiger partial charge in [-0.15, -0.1) is 0 Å². The van der Waals surface area contributed by atoms with Gasteiger partial charge in [-0.2, -0.15) is 0 Å². The smallest absolute Gasteiger partial charge is 0.220 e. The van der Waals surface area contributed by atoms with E-state index < -0.39 is 0 Å². The SMILES string of the molecule is COC(C)CCC(=O)NCCOC1CCC(N)CC1. The Morgan fingerprint density at radius 1 is 1.37 bits per heavy atom. The third kappa shape index (κ3) is 7.50. The lowest BCUT2D eigenvalue weighted by Crippen LogP contribution is -2.33. The Morgan fingerprint density at radius 2 is 2.05 bits per heavy atom. The zero-order valence-electron chi connectivity index (χ0n) is 12.2. The summed E-state index contributed by atoms with van der Waals surface area (Å²) in [6, 6.07) is 0.349. The van der Waals surface area contributed by atoms with E-state index >= 15 is 0 Å². The molecule has 1 fully saturated rings. The third-order valence-electron chi connectivity index (χ3n) is 3.68. The van der Waals surface area contributed by atoms with Crippen LogP contribution in [0.2, 0.25) is 0 Å². The van der Waals surface area contributed by atoms with Crippen molar-refractivity contribution in [2.24, 2.45) is 5.73 Å². The van der Waals surface area contributed by atoms with E-state index in [1.165, 1.54) is 0 Å². The summed E-state index contributed by atoms with van der Waals surface area (Å²) < 4.78 is 10.8. The van der Waals surface area contributed by atoms with Crippen LogP contribution in [0.15, 0.2) is 0 Å². The van der Waals surface area contributed by atoms with Gasteiger partial charge in [0.1, 0.15) is 0 Å². The highest BCUT2D eigenvalue weighted by Crippen LogP contribution is 2.19. The quantitative estimate of drug-likeness (QED) is 0.651. The van der Waals surface area contributed by atoms with Crippen LogP contribution in [0.1, 0.15) is 45.4 Å². The minimum absolute atomic E-state index is 0.0677. The zero-order valence-corrected chi connectivity index (χ0v) is 12.2. The molecule has 1 rings (SSSR count). The molecule has 112 valence electrons. The van der Waals surface area contributed by atoms with Crippen LogP contribution in [0.5, 0.6) is 0 Å². The number of methoxy groups -OCH3 is 1. The second-order valence-electron chi connectivity index (χ2n) is 5.34. The number of nitrogens with two attached hydrogens (primary N) is 1. The predicted molar refractivity (Wildman–Crippen MR) is 74.9 cm³/mol. The van der Waals surface area contributed by atoms with Crippen LogP contribution in [0.4, 0.5) is 0 Å². The molecule has 0 radical (unpaired) electrons. The van der Waals surface area contributed by atoms with Gasteiger partial charge in [-0.1, -0.05) is 0 Å². The van der Waals surface area contributed by atoms with E-state index in [2.05, 4.69) is 5.32 Å². The van der Waals surface area contributed by atoms with E-state index in [1.54, 1.807) is 7.11 Å². The first-order chi connectivity index (χ1) is 9.11. The second kappa shape index (κ2) is 9.28. The highest BCUT2D eigenvalue weighted by atomic mass is 16.5. The second-order valence-corrected chi connectivity index (χ2v) is 5.34. The van der Waals surface area contributed by atoms with E-state index in [0.717, 1.165) is 32.1 Å². The average molecular weight is 272 g/mol. The lowest BCUT2D eigenvalue weighted by Gasteiger charge is -2.26. The number of hydrogen-bond acceptors (Lipinski definition) is 4. The molecule has 1 aliphatic carbocycles. The first-order valence-electron chi connectivity index (χ1n) is 7.28. The van der Waals surface area contributed by atoms with Crippen molar-refractivity contribution in [3.05, 3.63) is 0 Å². The van der Waals surface area contributed by atoms with E-state index in [4.69, 9.17) is 15.2 Å². The van der Waals surface area contributed by atoms with Gasteiger partial charge < -0.3 is 20.5 Å². The molecular weight excluding hydrogens is 244 g/mol. The van der Waals surface area contributed by atoms with Gasteiger partial charge in [-0.3, -0.25) is 4.79 Å². The van der Waals surface area contributed by atoms with E-state index in [0.29, 0.717) is 31.7 Å². The molecule has 1 amide bonds. The van der Waals surface area contributed by atoms with Gasteiger partial charge in [-0.05, 0) is 39.0 Å². The van der Waals surface area contributed by atoms with E-state index in [-0.39, 0.29) is 12.0 Å². The number of carbonyl (C=O) groups is 1. The molecule has 0 bridgehead atoms. The summed E-state index contributed by atoms with van der Waals surface area (Å²) in [5, 5.41) is 2.87. The number of amides is 1. The van der Waals surface area contributed by atoms with Crippen molar-refractivity contribution >= 4 is 5.91 Å². The molecule has 1 saturated carbocycles. The monoisotopic (exact) mass is 272 g/mol. The number of carbonyl (C=O) groups excluding carboxylic acids is 1. The maximum absolute atomic E-state index is 11.5. The molecule has 0 aliphatic heterocycles. The predicted octanol–water partition coefficient (Wildman–Crippen LogP) is 1.20. The fraction of sp³-hybridized carbons (Fsp3) is 0.929. The fourth-order valence-electron chi connectivity index (χ4n) is 2.21. The Balaban J connectivity index is 1.96. The standard InChI is InChI=1S/C14H28N2O3/c1-11(18-2)3-8-14(17)16-9-10-19-13-6-4-12(15)5-7-13/h11-13H,3-10,15H2,1-2H3,(H,16,17). The third-order valence-corrected chi connectivity index (χ3v) is 3.68. The minimum atomic E-state index is 0.0677. The van der Waals surface area contributed by atoms with Gasteiger partial charge in [0.05, 0.1) is 18.8 Å². The van der Waals surface area contributed by atoms with Crippen LogP contribution in [0.25, 0.3) is 0 Å². The van der Waals surface area contributed by atoms with Crippen molar-refractivity contribution in [2.45, 2.75) is 63.7 Å². The Labute approximate surface area is 116 Å². The summed E-state index contributed by atoms with van der Waals surface area (Å²) in [5.41, 5.74) is 5.84. The molecule has 0 aromatic rings. The molecule has 19 heavy (non-hydrogen) atoms. The summed E-state index contributed by atoms with van der Waals surface area (Å²) >= 11 is 0. The fourth-order valence-corrected chi connectivity index (χ4v) is 2.21. The molecule has 3 N–H and O–H groups in total. The van der Waals surface area contributed by atoms with Crippen LogP contribution in [0, 0.1) is 0 Å². The van der Waals surface area contributed by atoms with Gasteiger partial charge in [0.15, 0.2) is 0 Å². The van der Waals surface area contributed by atoms with Gasteiger partial charge in [0, 0.05) is 26.1 Å². The van der Waals surface area contributed by atoms with E-state index in [1.807, 2.05) is 6.92 Å². The van der Waals surface area contributed by atoms with Gasteiger partial charge in [0.25, 0.3) is 0 Å². The Hall–Kier alpha value is -0.650. The summed E-state index contributed by atoms with van der Waals surface area (Å²) in [6.07, 6.45) is 5.90. The normalized spacial score (nSPS) is 25.0. The highest BCUT2D eigenvalue weighted by Gasteiger charge is 2.18. The largest absolute Gasteiger partial charge is 0.382 e. The minimum Gasteiger partial charge on any atom is -0.382 e. The summed E-state index contributed by atoms with van der Waals surface area (Å²) in [4.78, 5) is 11.5. The first kappa shape index (κ1) is 16.4. The highest BCUT2D eigenvalue weighted by molar-refractivity contribution is 5.75. The average Bonchev–Trinajstić information content (AvgIpc) is 2.42. The van der Waals surface area contributed by atoms with Crippen LogP contribution in [0.3, 0.4) is 0 Å². The zero-order chi connectivity index (χ0) is 14.1. The summed E-state index contributed by atoms with van der Waals surface area (Å²) in [5.74, 6) is 0.0677. The molecule has 5 nitrogen and oxygen atoms in total. The lowest BCUT2D eigenvalue weighted by atomic mass is 9.94. The van der Waals surface area contributed by atoms with Gasteiger partial charge >= 0.3 is 0 Å². The Bertz CT molecular complexity index is 253. The molecule has 1 aliphatic rings. The van der Waals surface area contributed by atoms with Crippen molar-refractivity contribution in [2.75, 3.05) is 20.3 Å². The maximum atomic E-state index is 11.5. The number of hydrogen-bond donors (Lipinski definition) is 2. The van der Waals surface area contributed by atoms with Gasteiger partial charge in [0.2, 0.25) is 5.91 Å². The number of rotatable bonds is 8. The lowest BCUT2D eigenvalue weighted by molar-refractivity contribution is -0.122. The molecule has 0 spiro atoms. The molecule has 5 heteroatoms. The molecule has 1 unspecified atom stereocenters. The molecule has 1 atom stereocenters. The molecule has 0 heterocycles. The first-order valence-corrected chi connectivity index (χ1v) is 7.28. The van der Waals surface area contributed by atoms with Crippen molar-refractivity contribution in [1.82, 2.24) is 5.32 Å². The van der Waals surface area contributed by atoms with Crippen LogP contribution in [-0.2, 0) is 14.3 Å². The van der Waals surface area contributed by atoms with Crippen LogP contribution < -0.4 is 11.1 Å². The number of nitrogens with one attached hydrogen (secondary N) is 1. The van der Waals surface area contributed by atoms with Gasteiger partial charge in [-0.25, -0.2) is 0 Å².